The molecule has 0 amide bonds. The minimum Gasteiger partial charge on any atom is -0.311 e. The zero-order valence-electron chi connectivity index (χ0n) is 9.48. The average Bonchev–Trinajstić information content (AvgIpc) is 2.88. The lowest BCUT2D eigenvalue weighted by molar-refractivity contribution is 0.399. The molecule has 1 heterocycles. The summed E-state index contributed by atoms with van der Waals surface area (Å²) in [6.07, 6.45) is 5.38. The van der Waals surface area contributed by atoms with Crippen LogP contribution in [0, 0.1) is 5.92 Å². The van der Waals surface area contributed by atoms with Crippen molar-refractivity contribution >= 4 is 0 Å². The van der Waals surface area contributed by atoms with Crippen LogP contribution in [0.15, 0.2) is 0 Å². The maximum atomic E-state index is 4.07. The number of hydrogen-bond acceptors (Lipinski definition) is 4. The third kappa shape index (κ3) is 2.34. The molecular weight excluding hydrogens is 190 g/mol. The van der Waals surface area contributed by atoms with Crippen molar-refractivity contribution in [2.24, 2.45) is 5.92 Å². The van der Waals surface area contributed by atoms with Gasteiger partial charge in [0.25, 0.3) is 0 Å². The molecule has 0 spiro atoms. The molecule has 1 aromatic heterocycles. The molecule has 84 valence electrons. The maximum absolute atomic E-state index is 4.07. The highest BCUT2D eigenvalue weighted by atomic mass is 15.5. The van der Waals surface area contributed by atoms with Crippen LogP contribution in [-0.2, 0) is 6.54 Å². The van der Waals surface area contributed by atoms with Crippen molar-refractivity contribution in [3.05, 3.63) is 5.82 Å². The van der Waals surface area contributed by atoms with E-state index in [1.54, 1.807) is 0 Å². The van der Waals surface area contributed by atoms with Crippen LogP contribution in [0.4, 0.5) is 0 Å². The predicted octanol–water partition coefficient (Wildman–Crippen LogP) is 1.14. The first-order chi connectivity index (χ1) is 7.31. The Bertz CT molecular complexity index is 303. The first-order valence-electron chi connectivity index (χ1n) is 5.74. The van der Waals surface area contributed by atoms with E-state index in [-0.39, 0.29) is 6.04 Å². The van der Waals surface area contributed by atoms with Crippen molar-refractivity contribution in [1.82, 2.24) is 25.5 Å². The molecular formula is C10H19N5. The Kier molecular flexibility index (Phi) is 3.30. The highest BCUT2D eigenvalue weighted by molar-refractivity contribution is 4.89. The van der Waals surface area contributed by atoms with E-state index in [1.807, 2.05) is 11.7 Å². The first kappa shape index (κ1) is 10.5. The van der Waals surface area contributed by atoms with Gasteiger partial charge in [-0.25, -0.2) is 4.68 Å². The van der Waals surface area contributed by atoms with Crippen LogP contribution in [0.2, 0.25) is 0 Å². The molecule has 1 saturated carbocycles. The number of rotatable bonds is 4. The molecule has 1 aliphatic carbocycles. The molecule has 5 nitrogen and oxygen atoms in total. The van der Waals surface area contributed by atoms with E-state index >= 15 is 0 Å². The third-order valence-electron chi connectivity index (χ3n) is 3.29. The number of tetrazole rings is 1. The zero-order chi connectivity index (χ0) is 10.7. The summed E-state index contributed by atoms with van der Waals surface area (Å²) in [7, 11) is 1.93. The molecule has 2 rings (SSSR count). The van der Waals surface area contributed by atoms with E-state index < -0.39 is 0 Å². The Labute approximate surface area is 90.2 Å². The standard InChI is InChI=1S/C10H19N5/c1-8(11-2)10-12-13-14-15(10)7-9-5-3-4-6-9/h8-9,11H,3-7H2,1-2H3. The topological polar surface area (TPSA) is 55.6 Å². The van der Waals surface area contributed by atoms with E-state index in [0.717, 1.165) is 18.3 Å². The molecule has 1 unspecified atom stereocenters. The van der Waals surface area contributed by atoms with Crippen molar-refractivity contribution < 1.29 is 0 Å². The number of aromatic nitrogens is 4. The quantitative estimate of drug-likeness (QED) is 0.808. The van der Waals surface area contributed by atoms with Crippen molar-refractivity contribution in [2.45, 2.75) is 45.2 Å². The zero-order valence-corrected chi connectivity index (χ0v) is 9.48. The lowest BCUT2D eigenvalue weighted by Gasteiger charge is -2.13. The minimum absolute atomic E-state index is 0.224. The molecule has 15 heavy (non-hydrogen) atoms. The predicted molar refractivity (Wildman–Crippen MR) is 57.2 cm³/mol. The van der Waals surface area contributed by atoms with Gasteiger partial charge in [0.2, 0.25) is 0 Å². The molecule has 1 aliphatic rings. The van der Waals surface area contributed by atoms with E-state index in [1.165, 1.54) is 25.7 Å². The van der Waals surface area contributed by atoms with E-state index in [9.17, 15) is 0 Å². The van der Waals surface area contributed by atoms with Gasteiger partial charge in [0.05, 0.1) is 6.04 Å². The molecule has 0 bridgehead atoms. The van der Waals surface area contributed by atoms with Gasteiger partial charge < -0.3 is 5.32 Å². The van der Waals surface area contributed by atoms with Gasteiger partial charge in [0, 0.05) is 6.54 Å². The summed E-state index contributed by atoms with van der Waals surface area (Å²) in [5.41, 5.74) is 0. The van der Waals surface area contributed by atoms with Gasteiger partial charge in [-0.2, -0.15) is 0 Å². The minimum atomic E-state index is 0.224. The molecule has 0 radical (unpaired) electrons. The lowest BCUT2D eigenvalue weighted by Crippen LogP contribution is -2.20. The Morgan fingerprint density at radius 3 is 2.87 bits per heavy atom. The van der Waals surface area contributed by atoms with Crippen LogP contribution in [0.5, 0.6) is 0 Å². The van der Waals surface area contributed by atoms with Gasteiger partial charge in [-0.1, -0.05) is 12.8 Å². The largest absolute Gasteiger partial charge is 0.311 e. The van der Waals surface area contributed by atoms with Crippen molar-refractivity contribution in [3.63, 3.8) is 0 Å². The van der Waals surface area contributed by atoms with E-state index in [4.69, 9.17) is 0 Å². The molecule has 5 heteroatoms. The lowest BCUT2D eigenvalue weighted by atomic mass is 10.1. The summed E-state index contributed by atoms with van der Waals surface area (Å²) in [5.74, 6) is 1.72. The highest BCUT2D eigenvalue weighted by Gasteiger charge is 2.19. The molecule has 1 N–H and O–H groups in total. The Balaban J connectivity index is 2.03. The smallest absolute Gasteiger partial charge is 0.167 e. The van der Waals surface area contributed by atoms with Gasteiger partial charge in [0.15, 0.2) is 5.82 Å². The second-order valence-electron chi connectivity index (χ2n) is 4.38. The van der Waals surface area contributed by atoms with Gasteiger partial charge in [-0.3, -0.25) is 0 Å². The highest BCUT2D eigenvalue weighted by Crippen LogP contribution is 2.26. The van der Waals surface area contributed by atoms with Crippen molar-refractivity contribution in [3.8, 4) is 0 Å². The Morgan fingerprint density at radius 2 is 2.20 bits per heavy atom. The van der Waals surface area contributed by atoms with Crippen LogP contribution < -0.4 is 5.32 Å². The molecule has 1 atom stereocenters. The van der Waals surface area contributed by atoms with E-state index in [2.05, 4.69) is 27.8 Å². The third-order valence-corrected chi connectivity index (χ3v) is 3.29. The molecule has 0 aliphatic heterocycles. The van der Waals surface area contributed by atoms with Crippen LogP contribution in [0.3, 0.4) is 0 Å². The number of hydrogen-bond donors (Lipinski definition) is 1. The summed E-state index contributed by atoms with van der Waals surface area (Å²) in [6, 6.07) is 0.224. The molecule has 0 saturated heterocycles. The van der Waals surface area contributed by atoms with Crippen LogP contribution in [0.25, 0.3) is 0 Å². The van der Waals surface area contributed by atoms with Crippen molar-refractivity contribution in [1.29, 1.82) is 0 Å². The maximum Gasteiger partial charge on any atom is 0.167 e. The first-order valence-corrected chi connectivity index (χ1v) is 5.74. The summed E-state index contributed by atoms with van der Waals surface area (Å²) in [6.45, 7) is 3.06. The second-order valence-corrected chi connectivity index (χ2v) is 4.38. The summed E-state index contributed by atoms with van der Waals surface area (Å²) in [4.78, 5) is 0. The molecule has 1 aromatic rings. The van der Waals surface area contributed by atoms with Gasteiger partial charge in [-0.15, -0.1) is 5.10 Å². The second kappa shape index (κ2) is 4.70. The van der Waals surface area contributed by atoms with Gasteiger partial charge in [-0.05, 0) is 43.2 Å². The van der Waals surface area contributed by atoms with Gasteiger partial charge >= 0.3 is 0 Å². The fraction of sp³-hybridized carbons (Fsp3) is 0.900. The SMILES string of the molecule is CNC(C)c1nnnn1CC1CCCC1. The fourth-order valence-corrected chi connectivity index (χ4v) is 2.22. The fourth-order valence-electron chi connectivity index (χ4n) is 2.22. The van der Waals surface area contributed by atoms with Crippen LogP contribution >= 0.6 is 0 Å². The molecule has 1 fully saturated rings. The summed E-state index contributed by atoms with van der Waals surface area (Å²) < 4.78 is 1.96. The molecule has 0 aromatic carbocycles. The summed E-state index contributed by atoms with van der Waals surface area (Å²) in [5, 5.41) is 15.1. The number of nitrogens with zero attached hydrogens (tertiary/aromatic N) is 4. The van der Waals surface area contributed by atoms with Crippen LogP contribution in [-0.4, -0.2) is 27.3 Å². The van der Waals surface area contributed by atoms with E-state index in [0.29, 0.717) is 0 Å². The monoisotopic (exact) mass is 209 g/mol. The average molecular weight is 209 g/mol. The number of nitrogens with one attached hydrogen (secondary N) is 1. The van der Waals surface area contributed by atoms with Gasteiger partial charge in [0.1, 0.15) is 0 Å². The Hall–Kier alpha value is -0.970. The van der Waals surface area contributed by atoms with Crippen molar-refractivity contribution in [2.75, 3.05) is 7.05 Å². The summed E-state index contributed by atoms with van der Waals surface area (Å²) >= 11 is 0. The normalized spacial score (nSPS) is 19.6. The Morgan fingerprint density at radius 1 is 1.47 bits per heavy atom. The van der Waals surface area contributed by atoms with Crippen LogP contribution in [0.1, 0.15) is 44.5 Å².